The molecule has 98 valence electrons. The normalized spacial score (nSPS) is 13.1. The van der Waals surface area contributed by atoms with E-state index < -0.39 is 0 Å². The summed E-state index contributed by atoms with van der Waals surface area (Å²) in [5.41, 5.74) is 5.70. The molecule has 1 atom stereocenters. The lowest BCUT2D eigenvalue weighted by molar-refractivity contribution is 0.499. The van der Waals surface area contributed by atoms with E-state index in [1.807, 2.05) is 13.8 Å². The molecule has 0 aliphatic carbocycles. The van der Waals surface area contributed by atoms with Crippen molar-refractivity contribution in [2.75, 3.05) is 5.73 Å². The highest BCUT2D eigenvalue weighted by molar-refractivity contribution is 5.73. The molecule has 2 N–H and O–H groups in total. The maximum Gasteiger partial charge on any atom is 0.332 e. The minimum Gasteiger partial charge on any atom is -0.369 e. The van der Waals surface area contributed by atoms with Crippen molar-refractivity contribution in [3.05, 3.63) is 20.8 Å². The Morgan fingerprint density at radius 3 is 2.44 bits per heavy atom. The van der Waals surface area contributed by atoms with Crippen LogP contribution in [-0.2, 0) is 14.1 Å². The first kappa shape index (κ1) is 12.4. The lowest BCUT2D eigenvalue weighted by Gasteiger charge is -2.14. The number of anilines is 1. The Kier molecular flexibility index (Phi) is 2.76. The highest BCUT2D eigenvalue weighted by Crippen LogP contribution is 2.16. The highest BCUT2D eigenvalue weighted by atomic mass is 16.2. The predicted molar refractivity (Wildman–Crippen MR) is 69.6 cm³/mol. The molecular formula is C11H17N5O2. The second kappa shape index (κ2) is 4.01. The van der Waals surface area contributed by atoms with E-state index in [-0.39, 0.29) is 23.2 Å². The second-order valence-electron chi connectivity index (χ2n) is 4.48. The Bertz CT molecular complexity index is 722. The van der Waals surface area contributed by atoms with Crippen LogP contribution in [0.15, 0.2) is 9.59 Å². The van der Waals surface area contributed by atoms with Crippen LogP contribution >= 0.6 is 0 Å². The Labute approximate surface area is 103 Å². The number of nitrogens with zero attached hydrogens (tertiary/aromatic N) is 4. The molecule has 2 aromatic heterocycles. The molecule has 0 aliphatic rings. The fourth-order valence-electron chi connectivity index (χ4n) is 1.99. The molecule has 1 unspecified atom stereocenters. The lowest BCUT2D eigenvalue weighted by atomic mass is 10.2. The molecule has 0 spiro atoms. The van der Waals surface area contributed by atoms with Crippen molar-refractivity contribution < 1.29 is 0 Å². The van der Waals surface area contributed by atoms with Crippen LogP contribution in [-0.4, -0.2) is 18.7 Å². The van der Waals surface area contributed by atoms with Crippen LogP contribution in [0.25, 0.3) is 11.2 Å². The number of aromatic nitrogens is 4. The summed E-state index contributed by atoms with van der Waals surface area (Å²) < 4.78 is 4.12. The van der Waals surface area contributed by atoms with E-state index in [0.717, 1.165) is 11.0 Å². The first-order valence-electron chi connectivity index (χ1n) is 5.83. The molecule has 2 heterocycles. The van der Waals surface area contributed by atoms with Crippen molar-refractivity contribution in [2.45, 2.75) is 26.3 Å². The third-order valence-corrected chi connectivity index (χ3v) is 3.37. The van der Waals surface area contributed by atoms with Crippen LogP contribution in [0.5, 0.6) is 0 Å². The zero-order chi connectivity index (χ0) is 13.6. The maximum atomic E-state index is 12.2. The number of nitrogens with two attached hydrogens (primary N) is 1. The van der Waals surface area contributed by atoms with E-state index in [9.17, 15) is 9.59 Å². The zero-order valence-electron chi connectivity index (χ0n) is 11.0. The molecular weight excluding hydrogens is 234 g/mol. The number of hydrogen-bond acceptors (Lipinski definition) is 4. The van der Waals surface area contributed by atoms with Gasteiger partial charge in [-0.15, -0.1) is 0 Å². The summed E-state index contributed by atoms with van der Waals surface area (Å²) in [6.07, 6.45) is 0.768. The minimum absolute atomic E-state index is 0.0406. The Morgan fingerprint density at radius 2 is 1.89 bits per heavy atom. The predicted octanol–water partition coefficient (Wildman–Crippen LogP) is -0.0131. The van der Waals surface area contributed by atoms with Crippen LogP contribution in [0.3, 0.4) is 0 Å². The van der Waals surface area contributed by atoms with Gasteiger partial charge in [-0.25, -0.2) is 4.79 Å². The fraction of sp³-hybridized carbons (Fsp3) is 0.545. The number of aryl methyl sites for hydroxylation is 1. The van der Waals surface area contributed by atoms with Gasteiger partial charge in [0.05, 0.1) is 0 Å². The van der Waals surface area contributed by atoms with Crippen molar-refractivity contribution in [1.29, 1.82) is 0 Å². The summed E-state index contributed by atoms with van der Waals surface area (Å²) in [5, 5.41) is 0. The van der Waals surface area contributed by atoms with Crippen molar-refractivity contribution in [2.24, 2.45) is 14.1 Å². The second-order valence-corrected chi connectivity index (χ2v) is 4.48. The van der Waals surface area contributed by atoms with Gasteiger partial charge in [0, 0.05) is 20.1 Å². The number of imidazole rings is 1. The van der Waals surface area contributed by atoms with Gasteiger partial charge in [0.2, 0.25) is 5.95 Å². The summed E-state index contributed by atoms with van der Waals surface area (Å²) >= 11 is 0. The van der Waals surface area contributed by atoms with Gasteiger partial charge in [-0.05, 0) is 13.3 Å². The molecule has 2 rings (SSSR count). The molecule has 0 saturated carbocycles. The van der Waals surface area contributed by atoms with E-state index >= 15 is 0 Å². The number of nitrogen functional groups attached to an aromatic ring is 1. The van der Waals surface area contributed by atoms with Crippen molar-refractivity contribution >= 4 is 17.1 Å². The van der Waals surface area contributed by atoms with Crippen LogP contribution in [0.4, 0.5) is 5.95 Å². The van der Waals surface area contributed by atoms with E-state index in [1.54, 1.807) is 7.05 Å². The van der Waals surface area contributed by atoms with Gasteiger partial charge in [0.15, 0.2) is 11.2 Å². The third kappa shape index (κ3) is 1.47. The summed E-state index contributed by atoms with van der Waals surface area (Å²) in [6, 6.07) is -0.0406. The fourth-order valence-corrected chi connectivity index (χ4v) is 1.99. The van der Waals surface area contributed by atoms with Gasteiger partial charge in [-0.1, -0.05) is 6.92 Å². The van der Waals surface area contributed by atoms with Gasteiger partial charge < -0.3 is 10.3 Å². The van der Waals surface area contributed by atoms with E-state index in [1.165, 1.54) is 16.2 Å². The van der Waals surface area contributed by atoms with Crippen LogP contribution in [0, 0.1) is 0 Å². The smallest absolute Gasteiger partial charge is 0.332 e. The number of hydrogen-bond donors (Lipinski definition) is 1. The zero-order valence-corrected chi connectivity index (χ0v) is 11.0. The van der Waals surface area contributed by atoms with Gasteiger partial charge in [0.25, 0.3) is 5.56 Å². The summed E-state index contributed by atoms with van der Waals surface area (Å²) in [5.74, 6) is 0.227. The Balaban J connectivity index is 3.07. The average Bonchev–Trinajstić information content (AvgIpc) is 2.63. The molecule has 0 aromatic carbocycles. The first-order valence-corrected chi connectivity index (χ1v) is 5.83. The Morgan fingerprint density at radius 1 is 1.28 bits per heavy atom. The van der Waals surface area contributed by atoms with Crippen LogP contribution < -0.4 is 17.0 Å². The molecule has 0 aliphatic heterocycles. The van der Waals surface area contributed by atoms with Gasteiger partial charge in [0.1, 0.15) is 0 Å². The number of fused-ring (bicyclic) bond motifs is 1. The first-order chi connectivity index (χ1) is 8.40. The van der Waals surface area contributed by atoms with Gasteiger partial charge in [-0.3, -0.25) is 13.9 Å². The lowest BCUT2D eigenvalue weighted by Crippen LogP contribution is -2.39. The van der Waals surface area contributed by atoms with E-state index in [4.69, 9.17) is 5.73 Å². The largest absolute Gasteiger partial charge is 0.369 e. The van der Waals surface area contributed by atoms with Crippen molar-refractivity contribution in [3.8, 4) is 0 Å². The molecule has 7 heteroatoms. The molecule has 0 bridgehead atoms. The van der Waals surface area contributed by atoms with Crippen molar-refractivity contribution in [1.82, 2.24) is 18.7 Å². The van der Waals surface area contributed by atoms with Crippen molar-refractivity contribution in [3.63, 3.8) is 0 Å². The molecule has 2 aromatic rings. The molecule has 7 nitrogen and oxygen atoms in total. The highest BCUT2D eigenvalue weighted by Gasteiger charge is 2.19. The van der Waals surface area contributed by atoms with E-state index in [0.29, 0.717) is 11.2 Å². The third-order valence-electron chi connectivity index (χ3n) is 3.37. The van der Waals surface area contributed by atoms with Gasteiger partial charge in [-0.2, -0.15) is 4.98 Å². The summed E-state index contributed by atoms with van der Waals surface area (Å²) in [6.45, 7) is 3.89. The van der Waals surface area contributed by atoms with Gasteiger partial charge >= 0.3 is 5.69 Å². The van der Waals surface area contributed by atoms with Crippen LogP contribution in [0.2, 0.25) is 0 Å². The molecule has 0 fully saturated rings. The topological polar surface area (TPSA) is 87.8 Å². The molecule has 0 saturated heterocycles. The minimum atomic E-state index is -0.374. The molecule has 0 radical (unpaired) electrons. The van der Waals surface area contributed by atoms with Crippen LogP contribution in [0.1, 0.15) is 26.3 Å². The quantitative estimate of drug-likeness (QED) is 0.813. The monoisotopic (exact) mass is 251 g/mol. The standard InChI is InChI=1S/C11H17N5O2/c1-5-6(2)16-8-7(14(3)10(12)13-8)9(17)15(4)11(16)18/h6H,5H2,1-4H3,(H2,12,13). The average molecular weight is 251 g/mol. The number of rotatable bonds is 2. The SMILES string of the molecule is CCC(C)n1c(=O)n(C)c(=O)c2c1nc(N)n2C. The van der Waals surface area contributed by atoms with E-state index in [2.05, 4.69) is 4.98 Å². The Hall–Kier alpha value is -2.05. The maximum absolute atomic E-state index is 12.2. The summed E-state index contributed by atoms with van der Waals surface area (Å²) in [4.78, 5) is 28.4. The summed E-state index contributed by atoms with van der Waals surface area (Å²) in [7, 11) is 3.13. The molecule has 0 amide bonds. The molecule has 18 heavy (non-hydrogen) atoms.